The summed E-state index contributed by atoms with van der Waals surface area (Å²) in [6.45, 7) is 0. The van der Waals surface area contributed by atoms with Crippen LogP contribution < -0.4 is 23.7 Å². The minimum atomic E-state index is -0.235. The Balaban J connectivity index is 2.37. The highest BCUT2D eigenvalue weighted by Gasteiger charge is 2.29. The van der Waals surface area contributed by atoms with Crippen LogP contribution in [0.4, 0.5) is 0 Å². The van der Waals surface area contributed by atoms with Crippen LogP contribution in [-0.2, 0) is 0 Å². The van der Waals surface area contributed by atoms with Gasteiger partial charge in [-0.1, -0.05) is 42.5 Å². The summed E-state index contributed by atoms with van der Waals surface area (Å²) in [5, 5.41) is 0. The standard InChI is InChI=1S/C24H26O5/c1-25-19-13-7-6-10-16(19)22(17-11-8-14-20(26-2)23(17)28-4)18-12-9-15-21(27-3)24(18)29-5/h6-15,22H,1-5H3. The van der Waals surface area contributed by atoms with Gasteiger partial charge in [-0.15, -0.1) is 0 Å². The molecule has 0 saturated heterocycles. The minimum Gasteiger partial charge on any atom is -0.496 e. The van der Waals surface area contributed by atoms with E-state index in [-0.39, 0.29) is 5.92 Å². The maximum atomic E-state index is 5.76. The third-order valence-corrected chi connectivity index (χ3v) is 4.94. The van der Waals surface area contributed by atoms with Gasteiger partial charge in [0.15, 0.2) is 23.0 Å². The van der Waals surface area contributed by atoms with Crippen LogP contribution in [0.1, 0.15) is 22.6 Å². The van der Waals surface area contributed by atoms with Crippen molar-refractivity contribution >= 4 is 0 Å². The Labute approximate surface area is 171 Å². The second-order valence-corrected chi connectivity index (χ2v) is 6.34. The number of ether oxygens (including phenoxy) is 5. The largest absolute Gasteiger partial charge is 0.496 e. The maximum absolute atomic E-state index is 5.76. The first kappa shape index (κ1) is 20.4. The number of para-hydroxylation sites is 3. The summed E-state index contributed by atoms with van der Waals surface area (Å²) in [4.78, 5) is 0. The zero-order valence-corrected chi connectivity index (χ0v) is 17.4. The molecule has 29 heavy (non-hydrogen) atoms. The maximum Gasteiger partial charge on any atom is 0.164 e. The van der Waals surface area contributed by atoms with E-state index in [2.05, 4.69) is 0 Å². The second-order valence-electron chi connectivity index (χ2n) is 6.34. The smallest absolute Gasteiger partial charge is 0.164 e. The number of methoxy groups -OCH3 is 5. The molecule has 0 aliphatic rings. The lowest BCUT2D eigenvalue weighted by Gasteiger charge is -2.26. The van der Waals surface area contributed by atoms with E-state index in [1.165, 1.54) is 0 Å². The van der Waals surface area contributed by atoms with Gasteiger partial charge in [0.25, 0.3) is 0 Å². The third kappa shape index (κ3) is 3.81. The van der Waals surface area contributed by atoms with Gasteiger partial charge in [-0.2, -0.15) is 0 Å². The number of hydrogen-bond donors (Lipinski definition) is 0. The summed E-state index contributed by atoms with van der Waals surface area (Å²) < 4.78 is 28.3. The number of benzene rings is 3. The summed E-state index contributed by atoms with van der Waals surface area (Å²) in [5.74, 6) is 3.18. The molecule has 5 heteroatoms. The Hall–Kier alpha value is -3.34. The highest BCUT2D eigenvalue weighted by Crippen LogP contribution is 2.48. The van der Waals surface area contributed by atoms with Gasteiger partial charge in [0.2, 0.25) is 0 Å². The molecule has 3 rings (SSSR count). The topological polar surface area (TPSA) is 46.2 Å². The van der Waals surface area contributed by atoms with Gasteiger partial charge in [-0.05, 0) is 18.2 Å². The van der Waals surface area contributed by atoms with E-state index in [1.54, 1.807) is 35.5 Å². The van der Waals surface area contributed by atoms with Crippen molar-refractivity contribution < 1.29 is 23.7 Å². The average Bonchev–Trinajstić information content (AvgIpc) is 2.79. The molecule has 0 unspecified atom stereocenters. The normalized spacial score (nSPS) is 10.6. The van der Waals surface area contributed by atoms with E-state index < -0.39 is 0 Å². The lowest BCUT2D eigenvalue weighted by Crippen LogP contribution is -2.10. The lowest BCUT2D eigenvalue weighted by atomic mass is 9.83. The predicted octanol–water partition coefficient (Wildman–Crippen LogP) is 4.91. The van der Waals surface area contributed by atoms with E-state index in [4.69, 9.17) is 23.7 Å². The van der Waals surface area contributed by atoms with Crippen LogP contribution in [-0.4, -0.2) is 35.5 Å². The lowest BCUT2D eigenvalue weighted by molar-refractivity contribution is 0.346. The van der Waals surface area contributed by atoms with E-state index in [0.717, 1.165) is 22.4 Å². The number of rotatable bonds is 8. The van der Waals surface area contributed by atoms with Crippen molar-refractivity contribution in [2.24, 2.45) is 0 Å². The van der Waals surface area contributed by atoms with Crippen LogP contribution in [0.2, 0.25) is 0 Å². The van der Waals surface area contributed by atoms with Crippen LogP contribution in [0.5, 0.6) is 28.7 Å². The Morgan fingerprint density at radius 3 is 1.31 bits per heavy atom. The van der Waals surface area contributed by atoms with E-state index >= 15 is 0 Å². The fourth-order valence-electron chi connectivity index (χ4n) is 3.69. The van der Waals surface area contributed by atoms with Crippen molar-refractivity contribution in [3.63, 3.8) is 0 Å². The van der Waals surface area contributed by atoms with Gasteiger partial charge < -0.3 is 23.7 Å². The summed E-state index contributed by atoms with van der Waals surface area (Å²) in [5.41, 5.74) is 2.85. The molecule has 0 aromatic heterocycles. The molecular formula is C24H26O5. The van der Waals surface area contributed by atoms with Gasteiger partial charge in [0.1, 0.15) is 5.75 Å². The van der Waals surface area contributed by atoms with Crippen LogP contribution in [0.25, 0.3) is 0 Å². The summed E-state index contributed by atoms with van der Waals surface area (Å²) in [6, 6.07) is 19.6. The molecule has 0 fully saturated rings. The predicted molar refractivity (Wildman–Crippen MR) is 113 cm³/mol. The summed E-state index contributed by atoms with van der Waals surface area (Å²) in [7, 11) is 8.21. The van der Waals surface area contributed by atoms with E-state index in [1.807, 2.05) is 60.7 Å². The Kier molecular flexibility index (Phi) is 6.50. The summed E-state index contributed by atoms with van der Waals surface area (Å²) in [6.07, 6.45) is 0. The zero-order valence-electron chi connectivity index (χ0n) is 17.4. The molecule has 0 amide bonds. The molecule has 3 aromatic carbocycles. The molecule has 3 aromatic rings. The van der Waals surface area contributed by atoms with Crippen molar-refractivity contribution in [1.82, 2.24) is 0 Å². The van der Waals surface area contributed by atoms with Crippen molar-refractivity contribution in [3.05, 3.63) is 77.4 Å². The van der Waals surface area contributed by atoms with Gasteiger partial charge in [0, 0.05) is 22.6 Å². The Morgan fingerprint density at radius 2 is 0.862 bits per heavy atom. The van der Waals surface area contributed by atoms with E-state index in [0.29, 0.717) is 23.0 Å². The fraction of sp³-hybridized carbons (Fsp3) is 0.250. The van der Waals surface area contributed by atoms with Gasteiger partial charge in [-0.25, -0.2) is 0 Å². The van der Waals surface area contributed by atoms with E-state index in [9.17, 15) is 0 Å². The van der Waals surface area contributed by atoms with Gasteiger partial charge >= 0.3 is 0 Å². The minimum absolute atomic E-state index is 0.235. The second kappa shape index (κ2) is 9.24. The molecule has 0 aliphatic carbocycles. The first-order valence-corrected chi connectivity index (χ1v) is 9.24. The third-order valence-electron chi connectivity index (χ3n) is 4.94. The molecule has 0 radical (unpaired) electrons. The SMILES string of the molecule is COc1ccccc1C(c1cccc(OC)c1OC)c1cccc(OC)c1OC. The first-order chi connectivity index (χ1) is 14.2. The van der Waals surface area contributed by atoms with Crippen molar-refractivity contribution in [2.75, 3.05) is 35.5 Å². The highest BCUT2D eigenvalue weighted by molar-refractivity contribution is 5.61. The molecule has 0 atom stereocenters. The van der Waals surface area contributed by atoms with Gasteiger partial charge in [0.05, 0.1) is 35.5 Å². The zero-order chi connectivity index (χ0) is 20.8. The summed E-state index contributed by atoms with van der Waals surface area (Å²) >= 11 is 0. The Morgan fingerprint density at radius 1 is 0.448 bits per heavy atom. The van der Waals surface area contributed by atoms with Crippen molar-refractivity contribution in [2.45, 2.75) is 5.92 Å². The molecule has 0 aliphatic heterocycles. The van der Waals surface area contributed by atoms with Crippen molar-refractivity contribution in [3.8, 4) is 28.7 Å². The van der Waals surface area contributed by atoms with Crippen molar-refractivity contribution in [1.29, 1.82) is 0 Å². The quantitative estimate of drug-likeness (QED) is 0.508. The highest BCUT2D eigenvalue weighted by atomic mass is 16.5. The molecular weight excluding hydrogens is 368 g/mol. The van der Waals surface area contributed by atoms with Crippen LogP contribution in [0.3, 0.4) is 0 Å². The molecule has 0 saturated carbocycles. The Bertz CT molecular complexity index is 912. The molecule has 0 N–H and O–H groups in total. The molecule has 0 heterocycles. The molecule has 0 bridgehead atoms. The molecule has 152 valence electrons. The van der Waals surface area contributed by atoms with Crippen LogP contribution >= 0.6 is 0 Å². The monoisotopic (exact) mass is 394 g/mol. The first-order valence-electron chi connectivity index (χ1n) is 9.24. The molecule has 5 nitrogen and oxygen atoms in total. The number of hydrogen-bond acceptors (Lipinski definition) is 5. The molecule has 0 spiro atoms. The van der Waals surface area contributed by atoms with Crippen LogP contribution in [0.15, 0.2) is 60.7 Å². The fourth-order valence-corrected chi connectivity index (χ4v) is 3.69. The van der Waals surface area contributed by atoms with Crippen LogP contribution in [0, 0.1) is 0 Å². The van der Waals surface area contributed by atoms with Gasteiger partial charge in [-0.3, -0.25) is 0 Å². The average molecular weight is 394 g/mol.